The third kappa shape index (κ3) is 4.32. The van der Waals surface area contributed by atoms with Gasteiger partial charge in [-0.3, -0.25) is 4.90 Å². The highest BCUT2D eigenvalue weighted by atomic mass is 15.2. The Balaban J connectivity index is 2.99. The number of likely N-dealkylation sites (N-methyl/N-ethyl adjacent to an activating group) is 1. The SMILES string of the molecule is CCC(C)CN(CC)C(CN)c1cc(C)ccc1C. The molecule has 0 fully saturated rings. The van der Waals surface area contributed by atoms with Gasteiger partial charge >= 0.3 is 0 Å². The van der Waals surface area contributed by atoms with Crippen LogP contribution in [0.5, 0.6) is 0 Å². The van der Waals surface area contributed by atoms with E-state index < -0.39 is 0 Å². The average molecular weight is 262 g/mol. The number of hydrogen-bond acceptors (Lipinski definition) is 2. The van der Waals surface area contributed by atoms with Gasteiger partial charge in [0.25, 0.3) is 0 Å². The van der Waals surface area contributed by atoms with Crippen molar-refractivity contribution in [3.8, 4) is 0 Å². The third-order valence-electron chi connectivity index (χ3n) is 4.11. The van der Waals surface area contributed by atoms with Crippen molar-refractivity contribution in [1.29, 1.82) is 0 Å². The van der Waals surface area contributed by atoms with Crippen LogP contribution in [0, 0.1) is 19.8 Å². The van der Waals surface area contributed by atoms with Crippen molar-refractivity contribution in [1.82, 2.24) is 4.90 Å². The summed E-state index contributed by atoms with van der Waals surface area (Å²) in [6, 6.07) is 7.03. The summed E-state index contributed by atoms with van der Waals surface area (Å²) in [6.45, 7) is 14.0. The maximum atomic E-state index is 6.08. The molecule has 2 N–H and O–H groups in total. The number of nitrogens with zero attached hydrogens (tertiary/aromatic N) is 1. The van der Waals surface area contributed by atoms with E-state index in [1.807, 2.05) is 0 Å². The predicted octanol–water partition coefficient (Wildman–Crippen LogP) is 3.67. The number of benzene rings is 1. The van der Waals surface area contributed by atoms with Gasteiger partial charge in [-0.15, -0.1) is 0 Å². The Bertz CT molecular complexity index is 387. The first-order valence-corrected chi connectivity index (χ1v) is 7.54. The lowest BCUT2D eigenvalue weighted by molar-refractivity contribution is 0.182. The van der Waals surface area contributed by atoms with Gasteiger partial charge in [0, 0.05) is 19.1 Å². The van der Waals surface area contributed by atoms with E-state index in [9.17, 15) is 0 Å². The highest BCUT2D eigenvalue weighted by molar-refractivity contribution is 5.33. The van der Waals surface area contributed by atoms with Gasteiger partial charge in [-0.05, 0) is 37.4 Å². The van der Waals surface area contributed by atoms with E-state index in [0.29, 0.717) is 12.6 Å². The number of aryl methyl sites for hydroxylation is 2. The first-order valence-electron chi connectivity index (χ1n) is 7.54. The molecule has 108 valence electrons. The monoisotopic (exact) mass is 262 g/mol. The molecule has 2 unspecified atom stereocenters. The van der Waals surface area contributed by atoms with Crippen molar-refractivity contribution in [3.05, 3.63) is 34.9 Å². The Hall–Kier alpha value is -0.860. The zero-order valence-electron chi connectivity index (χ0n) is 13.2. The fourth-order valence-corrected chi connectivity index (χ4v) is 2.60. The van der Waals surface area contributed by atoms with E-state index in [2.05, 4.69) is 57.7 Å². The lowest BCUT2D eigenvalue weighted by atomic mass is 9.96. The Morgan fingerprint density at radius 1 is 1.21 bits per heavy atom. The summed E-state index contributed by atoms with van der Waals surface area (Å²) in [5, 5.41) is 0. The van der Waals surface area contributed by atoms with Crippen molar-refractivity contribution in [3.63, 3.8) is 0 Å². The molecule has 0 radical (unpaired) electrons. The summed E-state index contributed by atoms with van der Waals surface area (Å²) in [4.78, 5) is 2.52. The molecule has 0 saturated carbocycles. The molecule has 1 aromatic rings. The summed E-state index contributed by atoms with van der Waals surface area (Å²) in [5.41, 5.74) is 10.1. The highest BCUT2D eigenvalue weighted by Gasteiger charge is 2.20. The largest absolute Gasteiger partial charge is 0.329 e. The second kappa shape index (κ2) is 7.66. The maximum Gasteiger partial charge on any atom is 0.0473 e. The Labute approximate surface area is 119 Å². The lowest BCUT2D eigenvalue weighted by Gasteiger charge is -2.33. The van der Waals surface area contributed by atoms with E-state index in [1.54, 1.807) is 0 Å². The molecule has 0 aromatic heterocycles. The summed E-state index contributed by atoms with van der Waals surface area (Å²) in [7, 11) is 0. The van der Waals surface area contributed by atoms with Crippen LogP contribution >= 0.6 is 0 Å². The van der Waals surface area contributed by atoms with Gasteiger partial charge in [0.05, 0.1) is 0 Å². The fraction of sp³-hybridized carbons (Fsp3) is 0.647. The van der Waals surface area contributed by atoms with Crippen LogP contribution < -0.4 is 5.73 Å². The third-order valence-corrected chi connectivity index (χ3v) is 4.11. The summed E-state index contributed by atoms with van der Waals surface area (Å²) in [5.74, 6) is 0.721. The minimum absolute atomic E-state index is 0.346. The van der Waals surface area contributed by atoms with Crippen LogP contribution in [0.3, 0.4) is 0 Å². The number of nitrogens with two attached hydrogens (primary N) is 1. The van der Waals surface area contributed by atoms with Crippen LogP contribution in [0.4, 0.5) is 0 Å². The number of hydrogen-bond donors (Lipinski definition) is 1. The van der Waals surface area contributed by atoms with Gasteiger partial charge in [0.1, 0.15) is 0 Å². The van der Waals surface area contributed by atoms with Crippen LogP contribution in [0.15, 0.2) is 18.2 Å². The molecule has 0 aliphatic heterocycles. The summed E-state index contributed by atoms with van der Waals surface area (Å²) in [6.07, 6.45) is 1.22. The zero-order valence-corrected chi connectivity index (χ0v) is 13.2. The first-order chi connectivity index (χ1) is 9.03. The van der Waals surface area contributed by atoms with Crippen molar-refractivity contribution >= 4 is 0 Å². The molecule has 0 spiro atoms. The van der Waals surface area contributed by atoms with Gasteiger partial charge in [-0.25, -0.2) is 0 Å². The maximum absolute atomic E-state index is 6.08. The van der Waals surface area contributed by atoms with Gasteiger partial charge < -0.3 is 5.73 Å². The van der Waals surface area contributed by atoms with E-state index >= 15 is 0 Å². The molecule has 2 heteroatoms. The topological polar surface area (TPSA) is 29.3 Å². The van der Waals surface area contributed by atoms with E-state index in [0.717, 1.165) is 19.0 Å². The predicted molar refractivity (Wildman–Crippen MR) is 84.4 cm³/mol. The molecule has 0 aliphatic carbocycles. The molecule has 1 aromatic carbocycles. The molecule has 1 rings (SSSR count). The first kappa shape index (κ1) is 16.2. The van der Waals surface area contributed by atoms with E-state index in [-0.39, 0.29) is 0 Å². The van der Waals surface area contributed by atoms with Crippen molar-refractivity contribution in [2.45, 2.75) is 47.1 Å². The van der Waals surface area contributed by atoms with E-state index in [1.165, 1.54) is 23.1 Å². The van der Waals surface area contributed by atoms with Gasteiger partial charge in [-0.1, -0.05) is 51.0 Å². The smallest absolute Gasteiger partial charge is 0.0473 e. The minimum Gasteiger partial charge on any atom is -0.329 e. The van der Waals surface area contributed by atoms with Gasteiger partial charge in [0.2, 0.25) is 0 Å². The second-order valence-electron chi connectivity index (χ2n) is 5.71. The van der Waals surface area contributed by atoms with E-state index in [4.69, 9.17) is 5.73 Å². The minimum atomic E-state index is 0.346. The highest BCUT2D eigenvalue weighted by Crippen LogP contribution is 2.25. The molecule has 0 amide bonds. The molecule has 0 aliphatic rings. The summed E-state index contributed by atoms with van der Waals surface area (Å²) >= 11 is 0. The molecule has 19 heavy (non-hydrogen) atoms. The Morgan fingerprint density at radius 3 is 2.42 bits per heavy atom. The van der Waals surface area contributed by atoms with Crippen molar-refractivity contribution in [2.75, 3.05) is 19.6 Å². The van der Waals surface area contributed by atoms with Gasteiger partial charge in [-0.2, -0.15) is 0 Å². The summed E-state index contributed by atoms with van der Waals surface area (Å²) < 4.78 is 0. The Kier molecular flexibility index (Phi) is 6.53. The fourth-order valence-electron chi connectivity index (χ4n) is 2.60. The second-order valence-corrected chi connectivity index (χ2v) is 5.71. The van der Waals surface area contributed by atoms with Crippen LogP contribution in [0.1, 0.15) is 49.9 Å². The molecule has 2 atom stereocenters. The van der Waals surface area contributed by atoms with Crippen LogP contribution in [-0.2, 0) is 0 Å². The normalized spacial score (nSPS) is 14.7. The van der Waals surface area contributed by atoms with Crippen LogP contribution in [-0.4, -0.2) is 24.5 Å². The van der Waals surface area contributed by atoms with Crippen molar-refractivity contribution in [2.24, 2.45) is 11.7 Å². The van der Waals surface area contributed by atoms with Gasteiger partial charge in [0.15, 0.2) is 0 Å². The van der Waals surface area contributed by atoms with Crippen LogP contribution in [0.25, 0.3) is 0 Å². The van der Waals surface area contributed by atoms with Crippen LogP contribution in [0.2, 0.25) is 0 Å². The molecular formula is C17H30N2. The van der Waals surface area contributed by atoms with Crippen molar-refractivity contribution < 1.29 is 0 Å². The molecule has 0 heterocycles. The molecular weight excluding hydrogens is 232 g/mol. The number of rotatable bonds is 7. The lowest BCUT2D eigenvalue weighted by Crippen LogP contribution is -2.37. The molecule has 2 nitrogen and oxygen atoms in total. The Morgan fingerprint density at radius 2 is 1.89 bits per heavy atom. The molecule has 0 bridgehead atoms. The zero-order chi connectivity index (χ0) is 14.4. The molecule has 0 saturated heterocycles. The average Bonchev–Trinajstić information content (AvgIpc) is 2.41. The quantitative estimate of drug-likeness (QED) is 0.812. The standard InChI is InChI=1S/C17H30N2/c1-6-13(3)12-19(7-2)17(11-18)16-10-14(4)8-9-15(16)5/h8-10,13,17H,6-7,11-12,18H2,1-5H3.